The summed E-state index contributed by atoms with van der Waals surface area (Å²) in [4.78, 5) is 101. The van der Waals surface area contributed by atoms with Gasteiger partial charge in [-0.2, -0.15) is 0 Å². The molecule has 96 heavy (non-hydrogen) atoms. The topological polar surface area (TPSA) is 301 Å². The molecular formula is C68H62BBr2F3N12O10. The fourth-order valence-electron chi connectivity index (χ4n) is 11.4. The first-order valence-electron chi connectivity index (χ1n) is 30.3. The Hall–Kier alpha value is -10.2. The fourth-order valence-corrected chi connectivity index (χ4v) is 12.1. The number of hydrogen-bond acceptors (Lipinski definition) is 16. The molecule has 3 unspecified atom stereocenters. The van der Waals surface area contributed by atoms with E-state index in [1.165, 1.54) is 36.8 Å². The Balaban J connectivity index is 0.000000138. The predicted molar refractivity (Wildman–Crippen MR) is 371 cm³/mol. The van der Waals surface area contributed by atoms with Gasteiger partial charge in [0, 0.05) is 132 Å². The number of halogens is 5. The van der Waals surface area contributed by atoms with E-state index >= 15 is 0 Å². The number of aromatic amines is 3. The lowest BCUT2D eigenvalue weighted by molar-refractivity contribution is 0.101. The molecule has 3 atom stereocenters. The van der Waals surface area contributed by atoms with Crippen LogP contribution in [0.5, 0.6) is 0 Å². The molecule has 22 nitrogen and oxygen atoms in total. The maximum atomic E-state index is 13.8. The summed E-state index contributed by atoms with van der Waals surface area (Å²) in [6, 6.07) is 28.9. The Labute approximate surface area is 562 Å². The summed E-state index contributed by atoms with van der Waals surface area (Å²) < 4.78 is 52.2. The van der Waals surface area contributed by atoms with Crippen molar-refractivity contribution in [3.63, 3.8) is 0 Å². The fraction of sp³-hybridized carbons (Fsp3) is 0.221. The van der Waals surface area contributed by atoms with Gasteiger partial charge in [0.25, 0.3) is 17.7 Å². The van der Waals surface area contributed by atoms with Gasteiger partial charge in [0.15, 0.2) is 0 Å². The van der Waals surface area contributed by atoms with Crippen LogP contribution in [0.3, 0.4) is 0 Å². The highest BCUT2D eigenvalue weighted by Crippen LogP contribution is 2.33. The molecule has 14 rings (SSSR count). The Bertz CT molecular complexity index is 4710. The second-order valence-electron chi connectivity index (χ2n) is 23.2. The monoisotopic (exact) mass is 1430 g/mol. The van der Waals surface area contributed by atoms with Crippen LogP contribution in [0.2, 0.25) is 0 Å². The molecule has 11 heterocycles. The SMILES string of the molecule is Cc1cc(=O)[nH]c2ccc(NC(=O)c3cc(-c4ccoc4)cnc3N3CCC(F)C3)cc12.Cc1cc(=O)[nH]c2ccc(NC(=O)c3cc(Br)cnc3N3CCC(F)C3)cc12.Cc1cc(=O)[nH]c2ccc(NC(=O)c3cc(Br)cnc3N3CCC(F)C3)cc12.OB(O)c1ccoc1. The highest BCUT2D eigenvalue weighted by Gasteiger charge is 2.30. The molecule has 8 aromatic heterocycles. The van der Waals surface area contributed by atoms with Gasteiger partial charge in [0.05, 0.1) is 61.4 Å². The number of aryl methyl sites for hydroxylation is 3. The van der Waals surface area contributed by atoms with E-state index < -0.39 is 25.6 Å². The van der Waals surface area contributed by atoms with E-state index in [-0.39, 0.29) is 54.0 Å². The van der Waals surface area contributed by atoms with E-state index in [0.717, 1.165) is 44.0 Å². The number of furan rings is 2. The normalized spacial score (nSPS) is 15.7. The molecular weight excluding hydrogens is 1370 g/mol. The molecule has 3 aromatic carbocycles. The van der Waals surface area contributed by atoms with Crippen molar-refractivity contribution in [3.05, 3.63) is 220 Å². The summed E-state index contributed by atoms with van der Waals surface area (Å²) >= 11 is 6.70. The van der Waals surface area contributed by atoms with Gasteiger partial charge >= 0.3 is 7.12 Å². The smallest absolute Gasteiger partial charge is 0.473 e. The van der Waals surface area contributed by atoms with Gasteiger partial charge in [0.2, 0.25) is 16.7 Å². The van der Waals surface area contributed by atoms with Crippen molar-refractivity contribution < 1.29 is 46.4 Å². The van der Waals surface area contributed by atoms with E-state index in [2.05, 4.69) is 82.1 Å². The van der Waals surface area contributed by atoms with Crippen LogP contribution in [-0.2, 0) is 0 Å². The summed E-state index contributed by atoms with van der Waals surface area (Å²) in [7, 11) is -1.41. The minimum Gasteiger partial charge on any atom is -0.473 e. The van der Waals surface area contributed by atoms with Gasteiger partial charge in [-0.25, -0.2) is 28.1 Å². The molecule has 0 spiro atoms. The first-order valence-corrected chi connectivity index (χ1v) is 31.9. The molecule has 3 aliphatic heterocycles. The van der Waals surface area contributed by atoms with Gasteiger partial charge in [-0.05, 0) is 174 Å². The summed E-state index contributed by atoms with van der Waals surface area (Å²) in [5, 5.41) is 28.0. The quantitative estimate of drug-likeness (QED) is 0.0558. The molecule has 3 saturated heterocycles. The number of H-pyrrole nitrogens is 3. The minimum atomic E-state index is -1.41. The van der Waals surface area contributed by atoms with Crippen molar-refractivity contribution in [3.8, 4) is 11.1 Å². The average molecular weight is 1430 g/mol. The highest BCUT2D eigenvalue weighted by atomic mass is 79.9. The van der Waals surface area contributed by atoms with Crippen molar-refractivity contribution in [2.45, 2.75) is 58.5 Å². The number of nitrogens with zero attached hydrogens (tertiary/aromatic N) is 6. The largest absolute Gasteiger partial charge is 0.491 e. The summed E-state index contributed by atoms with van der Waals surface area (Å²) in [6.07, 6.45) is 9.19. The number of nitrogens with one attached hydrogen (secondary N) is 6. The number of carbonyl (C=O) groups excluding carboxylic acids is 3. The van der Waals surface area contributed by atoms with Crippen LogP contribution in [0.15, 0.2) is 179 Å². The van der Waals surface area contributed by atoms with E-state index in [4.69, 9.17) is 14.5 Å². The zero-order valence-corrected chi connectivity index (χ0v) is 54.9. The Morgan fingerprint density at radius 1 is 0.500 bits per heavy atom. The first-order chi connectivity index (χ1) is 46.1. The van der Waals surface area contributed by atoms with Crippen molar-refractivity contribution >= 4 is 129 Å². The third-order valence-corrected chi connectivity index (χ3v) is 17.0. The Morgan fingerprint density at radius 2 is 0.865 bits per heavy atom. The van der Waals surface area contributed by atoms with Crippen molar-refractivity contribution in [2.75, 3.05) is 69.9 Å². The number of amides is 3. The zero-order valence-electron chi connectivity index (χ0n) is 51.8. The van der Waals surface area contributed by atoms with Gasteiger partial charge in [-0.15, -0.1) is 0 Å². The van der Waals surface area contributed by atoms with Crippen LogP contribution < -0.4 is 52.8 Å². The van der Waals surface area contributed by atoms with Crippen LogP contribution in [0.4, 0.5) is 47.7 Å². The lowest BCUT2D eigenvalue weighted by Crippen LogP contribution is -2.27. The average Bonchev–Trinajstić information content (AvgIpc) is 1.19. The molecule has 3 aliphatic rings. The lowest BCUT2D eigenvalue weighted by Gasteiger charge is -2.20. The van der Waals surface area contributed by atoms with Gasteiger partial charge in [-0.3, -0.25) is 28.8 Å². The van der Waals surface area contributed by atoms with Crippen LogP contribution in [0.1, 0.15) is 67.0 Å². The Kier molecular flexibility index (Phi) is 20.8. The lowest BCUT2D eigenvalue weighted by atomic mass is 9.83. The van der Waals surface area contributed by atoms with Crippen LogP contribution >= 0.6 is 31.9 Å². The molecule has 8 N–H and O–H groups in total. The number of benzene rings is 3. The number of aromatic nitrogens is 6. The van der Waals surface area contributed by atoms with Gasteiger partial charge < -0.3 is 64.5 Å². The van der Waals surface area contributed by atoms with Gasteiger partial charge in [0.1, 0.15) is 36.0 Å². The number of anilines is 6. The summed E-state index contributed by atoms with van der Waals surface area (Å²) in [6.45, 7) is 7.77. The number of hydrogen-bond donors (Lipinski definition) is 8. The maximum Gasteiger partial charge on any atom is 0.491 e. The van der Waals surface area contributed by atoms with E-state index in [1.54, 1.807) is 106 Å². The molecule has 3 fully saturated rings. The summed E-state index contributed by atoms with van der Waals surface area (Å²) in [5.41, 5.74) is 8.89. The molecule has 0 bridgehead atoms. The number of carbonyl (C=O) groups is 3. The standard InChI is InChI=1S/C24H21FN4O3.2C20H18BrFN4O2.C4H5BO3/c1-14-8-22(30)28-21-3-2-18(10-19(14)21)27-24(31)20-9-16(15-5-7-32-13-15)11-26-23(20)29-6-4-17(25)12-29;2*1-11-6-18(27)25-17-3-2-14(8-15(11)17)24-20(28)16-7-12(21)9-23-19(16)26-5-4-13(22)10-26;6-5(7)4-1-2-8-3-4/h2-3,5,7-11,13,17H,4,6,12H2,1H3,(H,27,31)(H,28,30);2*2-3,6-9,13H,4-5,10H2,1H3,(H,24,28)(H,25,27);1-3,6-7H. The third-order valence-electron chi connectivity index (χ3n) is 16.2. The van der Waals surface area contributed by atoms with Crippen molar-refractivity contribution in [1.82, 2.24) is 29.9 Å². The number of fused-ring (bicyclic) bond motifs is 3. The highest BCUT2D eigenvalue weighted by molar-refractivity contribution is 9.10. The molecule has 0 radical (unpaired) electrons. The molecule has 11 aromatic rings. The minimum absolute atomic E-state index is 0.164. The third kappa shape index (κ3) is 16.1. The molecule has 0 saturated carbocycles. The van der Waals surface area contributed by atoms with E-state index in [9.17, 15) is 41.9 Å². The van der Waals surface area contributed by atoms with Crippen LogP contribution in [-0.4, -0.2) is 123 Å². The van der Waals surface area contributed by atoms with Crippen LogP contribution in [0.25, 0.3) is 43.8 Å². The number of pyridine rings is 6. The maximum absolute atomic E-state index is 13.8. The van der Waals surface area contributed by atoms with E-state index in [1.807, 2.05) is 39.0 Å². The van der Waals surface area contributed by atoms with Crippen LogP contribution in [0, 0.1) is 20.8 Å². The van der Waals surface area contributed by atoms with Crippen molar-refractivity contribution in [1.29, 1.82) is 0 Å². The predicted octanol–water partition coefficient (Wildman–Crippen LogP) is 10.8. The number of rotatable bonds is 11. The van der Waals surface area contributed by atoms with Gasteiger partial charge in [-0.1, -0.05) is 0 Å². The Morgan fingerprint density at radius 3 is 1.19 bits per heavy atom. The summed E-state index contributed by atoms with van der Waals surface area (Å²) in [5.74, 6) is 0.405. The second-order valence-corrected chi connectivity index (χ2v) is 25.0. The molecule has 28 heteroatoms. The zero-order chi connectivity index (χ0) is 67.9. The van der Waals surface area contributed by atoms with E-state index in [0.29, 0.717) is 121 Å². The first kappa shape index (κ1) is 67.3. The molecule has 492 valence electrons. The number of alkyl halides is 3. The molecule has 0 aliphatic carbocycles. The second kappa shape index (κ2) is 29.6. The molecule has 3 amide bonds. The van der Waals surface area contributed by atoms with Crippen molar-refractivity contribution in [2.24, 2.45) is 0 Å².